The normalized spacial score (nSPS) is 11.2. The summed E-state index contributed by atoms with van der Waals surface area (Å²) < 4.78 is 35.1. The predicted molar refractivity (Wildman–Crippen MR) is 110 cm³/mol. The van der Waals surface area contributed by atoms with Gasteiger partial charge in [-0.25, -0.2) is 18.2 Å². The molecule has 0 bridgehead atoms. The maximum absolute atomic E-state index is 12.3. The van der Waals surface area contributed by atoms with Crippen molar-refractivity contribution < 1.29 is 22.7 Å². The van der Waals surface area contributed by atoms with Gasteiger partial charge >= 0.3 is 6.03 Å². The van der Waals surface area contributed by atoms with Gasteiger partial charge in [0.1, 0.15) is 11.5 Å². The molecule has 3 rings (SSSR count). The summed E-state index contributed by atoms with van der Waals surface area (Å²) in [6, 6.07) is 9.59. The van der Waals surface area contributed by atoms with Crippen molar-refractivity contribution in [3.63, 3.8) is 0 Å². The van der Waals surface area contributed by atoms with Gasteiger partial charge in [-0.05, 0) is 18.2 Å². The van der Waals surface area contributed by atoms with E-state index in [0.717, 1.165) is 11.3 Å². The Morgan fingerprint density at radius 3 is 2.29 bits per heavy atom. The largest absolute Gasteiger partial charge is 0.497 e. The van der Waals surface area contributed by atoms with Crippen molar-refractivity contribution in [1.29, 1.82) is 0 Å². The molecule has 0 aliphatic heterocycles. The number of ether oxygens (including phenoxy) is 2. The summed E-state index contributed by atoms with van der Waals surface area (Å²) in [6.45, 7) is 1.58. The first-order chi connectivity index (χ1) is 13.3. The Balaban J connectivity index is 1.78. The number of anilines is 2. The number of carbonyl (C=O) groups is 1. The molecule has 148 valence electrons. The van der Waals surface area contributed by atoms with Crippen LogP contribution in [0.4, 0.5) is 16.2 Å². The van der Waals surface area contributed by atoms with Gasteiger partial charge in [0.2, 0.25) is 14.2 Å². The van der Waals surface area contributed by atoms with E-state index < -0.39 is 15.9 Å². The number of carbonyl (C=O) groups excluding carboxylic acids is 1. The van der Waals surface area contributed by atoms with E-state index in [-0.39, 0.29) is 10.1 Å². The number of thiazole rings is 1. The smallest absolute Gasteiger partial charge is 0.323 e. The maximum Gasteiger partial charge on any atom is 0.323 e. The number of fused-ring (bicyclic) bond motifs is 1. The minimum absolute atomic E-state index is 0.00959. The van der Waals surface area contributed by atoms with Gasteiger partial charge in [0.05, 0.1) is 30.2 Å². The summed E-state index contributed by atoms with van der Waals surface area (Å²) in [7, 11) is -0.318. The van der Waals surface area contributed by atoms with Gasteiger partial charge in [-0.15, -0.1) is 11.3 Å². The Bertz CT molecular complexity index is 1100. The lowest BCUT2D eigenvalue weighted by molar-refractivity contribution is 0.262. The number of benzene rings is 2. The molecule has 28 heavy (non-hydrogen) atoms. The Morgan fingerprint density at radius 1 is 1.04 bits per heavy atom. The standard InChI is InChI=1S/C18H19N3O5S2/c1-4-28(23,24)18-21-15-6-5-11(9-16(15)27-18)19-17(22)20-12-7-13(25-2)10-14(8-12)26-3/h5-10H,4H2,1-3H3,(H2,19,20,22). The Morgan fingerprint density at radius 2 is 1.68 bits per heavy atom. The average Bonchev–Trinajstić information content (AvgIpc) is 3.11. The van der Waals surface area contributed by atoms with Crippen molar-refractivity contribution in [2.45, 2.75) is 11.3 Å². The molecule has 0 spiro atoms. The molecule has 0 aliphatic carbocycles. The molecule has 0 atom stereocenters. The van der Waals surface area contributed by atoms with Gasteiger partial charge in [0.25, 0.3) is 0 Å². The van der Waals surface area contributed by atoms with Crippen molar-refractivity contribution in [2.75, 3.05) is 30.6 Å². The average molecular weight is 422 g/mol. The van der Waals surface area contributed by atoms with Crippen molar-refractivity contribution >= 4 is 48.8 Å². The fourth-order valence-electron chi connectivity index (χ4n) is 2.41. The van der Waals surface area contributed by atoms with E-state index in [1.165, 1.54) is 14.2 Å². The number of amides is 2. The van der Waals surface area contributed by atoms with Crippen LogP contribution < -0.4 is 20.1 Å². The number of hydrogen-bond donors (Lipinski definition) is 2. The summed E-state index contributed by atoms with van der Waals surface area (Å²) in [5.74, 6) is 1.08. The van der Waals surface area contributed by atoms with Crippen LogP contribution in [0.25, 0.3) is 10.2 Å². The predicted octanol–water partition coefficient (Wildman–Crippen LogP) is 3.75. The zero-order valence-electron chi connectivity index (χ0n) is 15.5. The van der Waals surface area contributed by atoms with Crippen LogP contribution in [0.15, 0.2) is 40.7 Å². The van der Waals surface area contributed by atoms with Crippen LogP contribution in [0, 0.1) is 0 Å². The van der Waals surface area contributed by atoms with Crippen molar-refractivity contribution in [3.05, 3.63) is 36.4 Å². The summed E-state index contributed by atoms with van der Waals surface area (Å²) in [6.07, 6.45) is 0. The van der Waals surface area contributed by atoms with Crippen LogP contribution >= 0.6 is 11.3 Å². The molecule has 8 nitrogen and oxygen atoms in total. The molecule has 0 saturated carbocycles. The molecule has 2 N–H and O–H groups in total. The van der Waals surface area contributed by atoms with E-state index in [9.17, 15) is 13.2 Å². The maximum atomic E-state index is 12.3. The summed E-state index contributed by atoms with van der Waals surface area (Å²) >= 11 is 1.08. The Labute approximate surface area is 166 Å². The highest BCUT2D eigenvalue weighted by atomic mass is 32.2. The number of aromatic nitrogens is 1. The fraction of sp³-hybridized carbons (Fsp3) is 0.222. The van der Waals surface area contributed by atoms with Crippen LogP contribution in [-0.4, -0.2) is 39.4 Å². The highest BCUT2D eigenvalue weighted by Gasteiger charge is 2.17. The summed E-state index contributed by atoms with van der Waals surface area (Å²) in [5, 5.41) is 5.43. The van der Waals surface area contributed by atoms with Crippen LogP contribution in [0.1, 0.15) is 6.92 Å². The Kier molecular flexibility index (Phi) is 5.71. The van der Waals surface area contributed by atoms with Gasteiger partial charge < -0.3 is 20.1 Å². The van der Waals surface area contributed by atoms with Gasteiger partial charge in [0.15, 0.2) is 0 Å². The molecule has 0 aliphatic rings. The Hall–Kier alpha value is -2.85. The fourth-order valence-corrected chi connectivity index (χ4v) is 4.76. The summed E-state index contributed by atoms with van der Waals surface area (Å²) in [4.78, 5) is 16.5. The molecule has 1 heterocycles. The zero-order chi connectivity index (χ0) is 20.3. The van der Waals surface area contributed by atoms with Crippen LogP contribution in [-0.2, 0) is 9.84 Å². The second-order valence-corrected chi connectivity index (χ2v) is 9.23. The number of urea groups is 1. The third-order valence-corrected chi connectivity index (χ3v) is 7.09. The number of hydrogen-bond acceptors (Lipinski definition) is 7. The number of nitrogens with one attached hydrogen (secondary N) is 2. The van der Waals surface area contributed by atoms with Gasteiger partial charge in [-0.3, -0.25) is 0 Å². The van der Waals surface area contributed by atoms with E-state index in [1.54, 1.807) is 43.3 Å². The molecule has 0 fully saturated rings. The first-order valence-corrected chi connectivity index (χ1v) is 10.8. The second kappa shape index (κ2) is 8.03. The molecule has 1 aromatic heterocycles. The lowest BCUT2D eigenvalue weighted by atomic mass is 10.2. The second-order valence-electron chi connectivity index (χ2n) is 5.75. The molecular formula is C18H19N3O5S2. The molecule has 0 saturated heterocycles. The molecule has 0 unspecified atom stereocenters. The van der Waals surface area contributed by atoms with Crippen LogP contribution in [0.5, 0.6) is 11.5 Å². The van der Waals surface area contributed by atoms with Crippen molar-refractivity contribution in [2.24, 2.45) is 0 Å². The number of nitrogens with zero attached hydrogens (tertiary/aromatic N) is 1. The van der Waals surface area contributed by atoms with Gasteiger partial charge in [-0.1, -0.05) is 6.92 Å². The molecule has 10 heteroatoms. The van der Waals surface area contributed by atoms with Gasteiger partial charge in [-0.2, -0.15) is 0 Å². The third kappa shape index (κ3) is 4.34. The molecule has 0 radical (unpaired) electrons. The molecule has 2 aromatic carbocycles. The number of rotatable bonds is 6. The quantitative estimate of drug-likeness (QED) is 0.628. The minimum atomic E-state index is -3.37. The van der Waals surface area contributed by atoms with Crippen LogP contribution in [0.2, 0.25) is 0 Å². The monoisotopic (exact) mass is 421 g/mol. The molecule has 3 aromatic rings. The highest BCUT2D eigenvalue weighted by molar-refractivity contribution is 7.93. The molecule has 2 amide bonds. The van der Waals surface area contributed by atoms with E-state index >= 15 is 0 Å². The lowest BCUT2D eigenvalue weighted by Gasteiger charge is -2.11. The first kappa shape index (κ1) is 19.9. The number of methoxy groups -OCH3 is 2. The third-order valence-electron chi connectivity index (χ3n) is 3.88. The SMILES string of the molecule is CCS(=O)(=O)c1nc2ccc(NC(=O)Nc3cc(OC)cc(OC)c3)cc2s1. The molecular weight excluding hydrogens is 402 g/mol. The van der Waals surface area contributed by atoms with Crippen molar-refractivity contribution in [3.8, 4) is 11.5 Å². The van der Waals surface area contributed by atoms with E-state index in [1.807, 2.05) is 0 Å². The highest BCUT2D eigenvalue weighted by Crippen LogP contribution is 2.29. The first-order valence-electron chi connectivity index (χ1n) is 8.29. The summed E-state index contributed by atoms with van der Waals surface area (Å²) in [5.41, 5.74) is 1.59. The number of sulfone groups is 1. The van der Waals surface area contributed by atoms with E-state index in [4.69, 9.17) is 9.47 Å². The zero-order valence-corrected chi connectivity index (χ0v) is 17.1. The van der Waals surface area contributed by atoms with Crippen molar-refractivity contribution in [1.82, 2.24) is 4.98 Å². The van der Waals surface area contributed by atoms with E-state index in [2.05, 4.69) is 15.6 Å². The van der Waals surface area contributed by atoms with E-state index in [0.29, 0.717) is 33.1 Å². The van der Waals surface area contributed by atoms with Crippen LogP contribution in [0.3, 0.4) is 0 Å². The lowest BCUT2D eigenvalue weighted by Crippen LogP contribution is -2.19. The minimum Gasteiger partial charge on any atom is -0.497 e. The topological polar surface area (TPSA) is 107 Å². The van der Waals surface area contributed by atoms with Gasteiger partial charge in [0, 0.05) is 29.6 Å².